The molecule has 0 bridgehead atoms. The van der Waals surface area contributed by atoms with Gasteiger partial charge in [-0.2, -0.15) is 5.26 Å². The second-order valence-electron chi connectivity index (χ2n) is 6.95. The SMILES string of the molecule is C[C@@H]1Cc2ccccc2N1C(=O)COc1ccc(-c2ccc(C#N)cc2)cc1. The van der Waals surface area contributed by atoms with Crippen molar-refractivity contribution in [2.24, 2.45) is 0 Å². The molecule has 1 amide bonds. The number of para-hydroxylation sites is 1. The summed E-state index contributed by atoms with van der Waals surface area (Å²) < 4.78 is 5.74. The van der Waals surface area contributed by atoms with E-state index in [-0.39, 0.29) is 18.6 Å². The smallest absolute Gasteiger partial charge is 0.265 e. The molecule has 4 rings (SSSR count). The second-order valence-corrected chi connectivity index (χ2v) is 6.95. The molecule has 28 heavy (non-hydrogen) atoms. The fourth-order valence-electron chi connectivity index (χ4n) is 3.64. The maximum absolute atomic E-state index is 12.7. The molecule has 3 aromatic carbocycles. The maximum Gasteiger partial charge on any atom is 0.265 e. The van der Waals surface area contributed by atoms with Gasteiger partial charge < -0.3 is 9.64 Å². The molecule has 0 saturated carbocycles. The third-order valence-corrected chi connectivity index (χ3v) is 5.04. The van der Waals surface area contributed by atoms with Gasteiger partial charge >= 0.3 is 0 Å². The molecule has 138 valence electrons. The Labute approximate surface area is 164 Å². The molecular formula is C24H20N2O2. The number of amides is 1. The molecule has 1 atom stereocenters. The van der Waals surface area contributed by atoms with Crippen molar-refractivity contribution < 1.29 is 9.53 Å². The first kappa shape index (κ1) is 17.8. The first-order valence-corrected chi connectivity index (χ1v) is 9.29. The quantitative estimate of drug-likeness (QED) is 0.677. The number of hydrogen-bond acceptors (Lipinski definition) is 3. The van der Waals surface area contributed by atoms with Crippen molar-refractivity contribution in [2.75, 3.05) is 11.5 Å². The van der Waals surface area contributed by atoms with Crippen molar-refractivity contribution in [2.45, 2.75) is 19.4 Å². The van der Waals surface area contributed by atoms with Gasteiger partial charge in [0.2, 0.25) is 0 Å². The van der Waals surface area contributed by atoms with Crippen LogP contribution in [-0.4, -0.2) is 18.6 Å². The number of nitrogens with zero attached hydrogens (tertiary/aromatic N) is 2. The summed E-state index contributed by atoms with van der Waals surface area (Å²) in [5, 5.41) is 8.89. The Morgan fingerprint density at radius 2 is 1.68 bits per heavy atom. The first-order valence-electron chi connectivity index (χ1n) is 9.29. The highest BCUT2D eigenvalue weighted by molar-refractivity contribution is 5.97. The van der Waals surface area contributed by atoms with E-state index in [0.29, 0.717) is 11.3 Å². The lowest BCUT2D eigenvalue weighted by Crippen LogP contribution is -2.39. The minimum Gasteiger partial charge on any atom is -0.484 e. The van der Waals surface area contributed by atoms with Crippen LogP contribution >= 0.6 is 0 Å². The average Bonchev–Trinajstić information content (AvgIpc) is 3.08. The van der Waals surface area contributed by atoms with Gasteiger partial charge in [0, 0.05) is 11.7 Å². The molecule has 1 aliphatic heterocycles. The van der Waals surface area contributed by atoms with Gasteiger partial charge in [-0.05, 0) is 60.4 Å². The molecular weight excluding hydrogens is 348 g/mol. The number of carbonyl (C=O) groups excluding carboxylic acids is 1. The Bertz CT molecular complexity index is 1030. The summed E-state index contributed by atoms with van der Waals surface area (Å²) in [6, 6.07) is 25.4. The van der Waals surface area contributed by atoms with Crippen LogP contribution in [0, 0.1) is 11.3 Å². The van der Waals surface area contributed by atoms with E-state index in [1.807, 2.05) is 59.5 Å². The lowest BCUT2D eigenvalue weighted by Gasteiger charge is -2.22. The molecule has 0 unspecified atom stereocenters. The van der Waals surface area contributed by atoms with E-state index in [9.17, 15) is 4.79 Å². The van der Waals surface area contributed by atoms with Gasteiger partial charge in [0.05, 0.1) is 11.6 Å². The standard InChI is InChI=1S/C24H20N2O2/c1-17-14-21-4-2-3-5-23(21)26(17)24(27)16-28-22-12-10-20(11-13-22)19-8-6-18(15-25)7-9-19/h2-13,17H,14,16H2,1H3/t17-/m1/s1. The number of ether oxygens (including phenoxy) is 1. The number of nitriles is 1. The molecule has 1 aliphatic rings. The molecule has 0 N–H and O–H groups in total. The third kappa shape index (κ3) is 3.47. The summed E-state index contributed by atoms with van der Waals surface area (Å²) in [6.45, 7) is 2.07. The Morgan fingerprint density at radius 1 is 1.04 bits per heavy atom. The highest BCUT2D eigenvalue weighted by atomic mass is 16.5. The second kappa shape index (κ2) is 7.58. The number of benzene rings is 3. The molecule has 4 nitrogen and oxygen atoms in total. The molecule has 0 aliphatic carbocycles. The Morgan fingerprint density at radius 3 is 2.36 bits per heavy atom. The van der Waals surface area contributed by atoms with Gasteiger partial charge in [-0.1, -0.05) is 42.5 Å². The first-order chi connectivity index (χ1) is 13.7. The molecule has 0 fully saturated rings. The molecule has 1 heterocycles. The fourth-order valence-corrected chi connectivity index (χ4v) is 3.64. The zero-order valence-corrected chi connectivity index (χ0v) is 15.6. The van der Waals surface area contributed by atoms with Gasteiger partial charge in [-0.3, -0.25) is 4.79 Å². The van der Waals surface area contributed by atoms with Crippen molar-refractivity contribution in [3.05, 3.63) is 83.9 Å². The molecule has 4 heteroatoms. The number of carbonyl (C=O) groups is 1. The van der Waals surface area contributed by atoms with Crippen LogP contribution in [-0.2, 0) is 11.2 Å². The molecule has 0 spiro atoms. The van der Waals surface area contributed by atoms with Crippen LogP contribution in [0.15, 0.2) is 72.8 Å². The van der Waals surface area contributed by atoms with E-state index in [2.05, 4.69) is 19.1 Å². The summed E-state index contributed by atoms with van der Waals surface area (Å²) in [5.74, 6) is 0.625. The third-order valence-electron chi connectivity index (χ3n) is 5.04. The van der Waals surface area contributed by atoms with Crippen LogP contribution in [0.3, 0.4) is 0 Å². The number of rotatable bonds is 4. The van der Waals surface area contributed by atoms with E-state index in [4.69, 9.17) is 10.00 Å². The molecule has 0 radical (unpaired) electrons. The summed E-state index contributed by atoms with van der Waals surface area (Å²) in [4.78, 5) is 14.5. The molecule has 3 aromatic rings. The normalized spacial score (nSPS) is 15.0. The minimum atomic E-state index is -0.0337. The van der Waals surface area contributed by atoms with Gasteiger partial charge in [0.1, 0.15) is 5.75 Å². The van der Waals surface area contributed by atoms with Gasteiger partial charge in [-0.25, -0.2) is 0 Å². The fraction of sp³-hybridized carbons (Fsp3) is 0.167. The number of anilines is 1. The van der Waals surface area contributed by atoms with E-state index in [0.717, 1.165) is 23.2 Å². The maximum atomic E-state index is 12.7. The van der Waals surface area contributed by atoms with Crippen molar-refractivity contribution in [1.29, 1.82) is 5.26 Å². The van der Waals surface area contributed by atoms with Crippen molar-refractivity contribution in [1.82, 2.24) is 0 Å². The molecule has 0 aromatic heterocycles. The van der Waals surface area contributed by atoms with Crippen LogP contribution in [0.5, 0.6) is 5.75 Å². The zero-order chi connectivity index (χ0) is 19.5. The van der Waals surface area contributed by atoms with E-state index < -0.39 is 0 Å². The minimum absolute atomic E-state index is 0.00882. The lowest BCUT2D eigenvalue weighted by atomic mass is 10.0. The van der Waals surface area contributed by atoms with Crippen LogP contribution in [0.25, 0.3) is 11.1 Å². The molecule has 0 saturated heterocycles. The van der Waals surface area contributed by atoms with E-state index in [1.54, 1.807) is 12.1 Å². The van der Waals surface area contributed by atoms with Crippen molar-refractivity contribution >= 4 is 11.6 Å². The van der Waals surface area contributed by atoms with E-state index in [1.165, 1.54) is 5.56 Å². The number of hydrogen-bond donors (Lipinski definition) is 0. The summed E-state index contributed by atoms with van der Waals surface area (Å²) in [7, 11) is 0. The van der Waals surface area contributed by atoms with Crippen molar-refractivity contribution in [3.63, 3.8) is 0 Å². The van der Waals surface area contributed by atoms with Crippen LogP contribution in [0.4, 0.5) is 5.69 Å². The zero-order valence-electron chi connectivity index (χ0n) is 15.6. The van der Waals surface area contributed by atoms with Crippen LogP contribution in [0.1, 0.15) is 18.1 Å². The summed E-state index contributed by atoms with van der Waals surface area (Å²) in [6.07, 6.45) is 0.876. The highest BCUT2D eigenvalue weighted by Gasteiger charge is 2.30. The highest BCUT2D eigenvalue weighted by Crippen LogP contribution is 2.32. The van der Waals surface area contributed by atoms with Gasteiger partial charge in [0.15, 0.2) is 6.61 Å². The van der Waals surface area contributed by atoms with E-state index >= 15 is 0 Å². The number of fused-ring (bicyclic) bond motifs is 1. The van der Waals surface area contributed by atoms with Crippen LogP contribution < -0.4 is 9.64 Å². The summed E-state index contributed by atoms with van der Waals surface area (Å²) >= 11 is 0. The van der Waals surface area contributed by atoms with Crippen LogP contribution in [0.2, 0.25) is 0 Å². The average molecular weight is 368 g/mol. The topological polar surface area (TPSA) is 53.3 Å². The Balaban J connectivity index is 1.41. The monoisotopic (exact) mass is 368 g/mol. The van der Waals surface area contributed by atoms with Crippen molar-refractivity contribution in [3.8, 4) is 22.9 Å². The lowest BCUT2D eigenvalue weighted by molar-refractivity contribution is -0.120. The van der Waals surface area contributed by atoms with Gasteiger partial charge in [0.25, 0.3) is 5.91 Å². The Kier molecular flexibility index (Phi) is 4.82. The largest absolute Gasteiger partial charge is 0.484 e. The summed E-state index contributed by atoms with van der Waals surface area (Å²) in [5.41, 5.74) is 4.89. The van der Waals surface area contributed by atoms with Gasteiger partial charge in [-0.15, -0.1) is 0 Å². The predicted octanol–water partition coefficient (Wildman–Crippen LogP) is 4.58. The predicted molar refractivity (Wildman–Crippen MR) is 109 cm³/mol. The Hall–Kier alpha value is -3.58.